The summed E-state index contributed by atoms with van der Waals surface area (Å²) in [6.07, 6.45) is 0. The molecule has 1 aromatic carbocycles. The zero-order valence-corrected chi connectivity index (χ0v) is 7.84. The Labute approximate surface area is 80.9 Å². The Morgan fingerprint density at radius 2 is 1.77 bits per heavy atom. The largest absolute Gasteiger partial charge is 0.316 e. The van der Waals surface area contributed by atoms with Gasteiger partial charge in [0.1, 0.15) is 0 Å². The van der Waals surface area contributed by atoms with E-state index in [0.717, 1.165) is 0 Å². The summed E-state index contributed by atoms with van der Waals surface area (Å²) in [6.45, 7) is 0. The fourth-order valence-electron chi connectivity index (χ4n) is 0.739. The Morgan fingerprint density at radius 3 is 2.15 bits per heavy atom. The van der Waals surface area contributed by atoms with Crippen LogP contribution in [0, 0.1) is 0 Å². The van der Waals surface area contributed by atoms with Gasteiger partial charge in [-0.1, -0.05) is 0 Å². The Balaban J connectivity index is 3.07. The second-order valence-corrected chi connectivity index (χ2v) is 3.09. The first-order valence-electron chi connectivity index (χ1n) is 3.20. The van der Waals surface area contributed by atoms with Crippen molar-refractivity contribution in [2.75, 3.05) is 0 Å². The lowest BCUT2D eigenvalue weighted by Gasteiger charge is -1.92. The standard InChI is InChI=1S/C7H4ClNO3S/c8-7(10)5-1-3-6(4-2-5)9-13(11)12/h1-4H. The number of hydrogen-bond acceptors (Lipinski definition) is 4. The maximum absolute atomic E-state index is 10.6. The lowest BCUT2D eigenvalue weighted by atomic mass is 10.2. The van der Waals surface area contributed by atoms with Gasteiger partial charge in [0, 0.05) is 5.56 Å². The minimum atomic E-state index is -2.48. The van der Waals surface area contributed by atoms with E-state index >= 15 is 0 Å². The Morgan fingerprint density at radius 1 is 1.23 bits per heavy atom. The van der Waals surface area contributed by atoms with E-state index in [2.05, 4.69) is 4.36 Å². The van der Waals surface area contributed by atoms with Gasteiger partial charge in [0.05, 0.1) is 5.69 Å². The van der Waals surface area contributed by atoms with Crippen molar-refractivity contribution in [3.8, 4) is 0 Å². The Hall–Kier alpha value is -1.20. The van der Waals surface area contributed by atoms with E-state index in [1.165, 1.54) is 24.3 Å². The van der Waals surface area contributed by atoms with Crippen LogP contribution in [0.2, 0.25) is 0 Å². The third-order valence-corrected chi connectivity index (χ3v) is 1.85. The van der Waals surface area contributed by atoms with Gasteiger partial charge in [0.15, 0.2) is 0 Å². The smallest absolute Gasteiger partial charge is 0.276 e. The van der Waals surface area contributed by atoms with Gasteiger partial charge in [-0.15, -0.1) is 4.36 Å². The molecule has 0 fully saturated rings. The Kier molecular flexibility index (Phi) is 3.16. The highest BCUT2D eigenvalue weighted by Crippen LogP contribution is 2.13. The monoisotopic (exact) mass is 217 g/mol. The normalized spacial score (nSPS) is 9.31. The molecule has 0 amide bonds. The molecular weight excluding hydrogens is 214 g/mol. The van der Waals surface area contributed by atoms with E-state index in [1.807, 2.05) is 0 Å². The molecule has 0 aliphatic carbocycles. The molecule has 0 N–H and O–H groups in total. The van der Waals surface area contributed by atoms with Gasteiger partial charge in [-0.3, -0.25) is 4.79 Å². The molecule has 0 spiro atoms. The number of nitrogens with zero attached hydrogens (tertiary/aromatic N) is 1. The molecule has 0 atom stereocenters. The summed E-state index contributed by atoms with van der Waals surface area (Å²) in [4.78, 5) is 10.6. The summed E-state index contributed by atoms with van der Waals surface area (Å²) in [5, 5.41) is -0.588. The summed E-state index contributed by atoms with van der Waals surface area (Å²) < 4.78 is 23.5. The third-order valence-electron chi connectivity index (χ3n) is 1.27. The van der Waals surface area contributed by atoms with Crippen molar-refractivity contribution < 1.29 is 13.2 Å². The zero-order chi connectivity index (χ0) is 9.84. The molecule has 0 aliphatic rings. The highest BCUT2D eigenvalue weighted by Gasteiger charge is 1.99. The number of halogens is 1. The SMILES string of the molecule is O=C(Cl)c1ccc(N=S(=O)=O)cc1. The van der Waals surface area contributed by atoms with Crippen LogP contribution in [0.4, 0.5) is 5.69 Å². The molecule has 0 saturated heterocycles. The van der Waals surface area contributed by atoms with E-state index in [9.17, 15) is 13.2 Å². The molecule has 4 nitrogen and oxygen atoms in total. The highest BCUT2D eigenvalue weighted by atomic mass is 35.5. The second kappa shape index (κ2) is 4.15. The number of carbonyl (C=O) groups excluding carboxylic acids is 1. The van der Waals surface area contributed by atoms with Gasteiger partial charge >= 0.3 is 10.5 Å². The lowest BCUT2D eigenvalue weighted by molar-refractivity contribution is 0.108. The average molecular weight is 218 g/mol. The summed E-state index contributed by atoms with van der Waals surface area (Å²) >= 11 is 5.17. The third kappa shape index (κ3) is 2.96. The molecule has 0 bridgehead atoms. The van der Waals surface area contributed by atoms with Crippen LogP contribution in [0.25, 0.3) is 0 Å². The van der Waals surface area contributed by atoms with Crippen LogP contribution >= 0.6 is 11.6 Å². The number of carbonyl (C=O) groups is 1. The second-order valence-electron chi connectivity index (χ2n) is 2.13. The molecule has 68 valence electrons. The van der Waals surface area contributed by atoms with Gasteiger partial charge in [0.25, 0.3) is 5.24 Å². The van der Waals surface area contributed by atoms with Gasteiger partial charge in [-0.2, -0.15) is 8.42 Å². The van der Waals surface area contributed by atoms with E-state index in [4.69, 9.17) is 11.6 Å². The average Bonchev–Trinajstić information content (AvgIpc) is 2.04. The van der Waals surface area contributed by atoms with Gasteiger partial charge in [-0.25, -0.2) is 0 Å². The van der Waals surface area contributed by atoms with E-state index < -0.39 is 15.7 Å². The van der Waals surface area contributed by atoms with Crippen LogP contribution in [0.1, 0.15) is 10.4 Å². The van der Waals surface area contributed by atoms with Crippen LogP contribution < -0.4 is 0 Å². The maximum atomic E-state index is 10.6. The highest BCUT2D eigenvalue weighted by molar-refractivity contribution is 7.61. The van der Waals surface area contributed by atoms with Crippen LogP contribution in [-0.2, 0) is 10.5 Å². The minimum absolute atomic E-state index is 0.259. The molecule has 0 heterocycles. The van der Waals surface area contributed by atoms with Crippen molar-refractivity contribution >= 4 is 33.0 Å². The molecule has 0 unspecified atom stereocenters. The number of benzene rings is 1. The first kappa shape index (κ1) is 9.88. The van der Waals surface area contributed by atoms with Crippen LogP contribution in [0.3, 0.4) is 0 Å². The molecule has 6 heteroatoms. The first-order chi connectivity index (χ1) is 6.09. The van der Waals surface area contributed by atoms with Crippen molar-refractivity contribution in [1.29, 1.82) is 0 Å². The summed E-state index contributed by atoms with van der Waals surface area (Å²) in [5.41, 5.74) is 0.562. The van der Waals surface area contributed by atoms with Crippen LogP contribution in [-0.4, -0.2) is 13.7 Å². The van der Waals surface area contributed by atoms with E-state index in [-0.39, 0.29) is 5.69 Å². The molecule has 13 heavy (non-hydrogen) atoms. The van der Waals surface area contributed by atoms with Crippen LogP contribution in [0.5, 0.6) is 0 Å². The van der Waals surface area contributed by atoms with Crippen molar-refractivity contribution in [2.24, 2.45) is 4.36 Å². The molecule has 1 aromatic rings. The zero-order valence-electron chi connectivity index (χ0n) is 6.27. The van der Waals surface area contributed by atoms with Gasteiger partial charge < -0.3 is 0 Å². The predicted octanol–water partition coefficient (Wildman–Crippen LogP) is 1.76. The Bertz CT molecular complexity index is 441. The molecule has 0 radical (unpaired) electrons. The number of rotatable bonds is 2. The summed E-state index contributed by atoms with van der Waals surface area (Å²) in [5.74, 6) is 0. The molecule has 1 rings (SSSR count). The quantitative estimate of drug-likeness (QED) is 0.709. The van der Waals surface area contributed by atoms with Crippen molar-refractivity contribution in [3.63, 3.8) is 0 Å². The summed E-state index contributed by atoms with van der Waals surface area (Å²) in [7, 11) is -2.48. The van der Waals surface area contributed by atoms with Crippen molar-refractivity contribution in [2.45, 2.75) is 0 Å². The van der Waals surface area contributed by atoms with Crippen molar-refractivity contribution in [3.05, 3.63) is 29.8 Å². The number of hydrogen-bond donors (Lipinski definition) is 0. The molecular formula is C7H4ClNO3S. The van der Waals surface area contributed by atoms with Crippen LogP contribution in [0.15, 0.2) is 28.6 Å². The molecule has 0 aromatic heterocycles. The topological polar surface area (TPSA) is 63.6 Å². The lowest BCUT2D eigenvalue weighted by Crippen LogP contribution is -1.85. The van der Waals surface area contributed by atoms with Gasteiger partial charge in [-0.05, 0) is 35.9 Å². The fourth-order valence-corrected chi connectivity index (χ4v) is 1.16. The molecule has 0 saturated carbocycles. The minimum Gasteiger partial charge on any atom is -0.276 e. The van der Waals surface area contributed by atoms with Gasteiger partial charge in [0.2, 0.25) is 0 Å². The summed E-state index contributed by atoms with van der Waals surface area (Å²) in [6, 6.07) is 5.60. The molecule has 0 aliphatic heterocycles. The maximum Gasteiger partial charge on any atom is 0.316 e. The predicted molar refractivity (Wildman–Crippen MR) is 47.6 cm³/mol. The first-order valence-corrected chi connectivity index (χ1v) is 4.61. The van der Waals surface area contributed by atoms with E-state index in [1.54, 1.807) is 0 Å². The van der Waals surface area contributed by atoms with Crippen molar-refractivity contribution in [1.82, 2.24) is 0 Å². The fraction of sp³-hybridized carbons (Fsp3) is 0. The van der Waals surface area contributed by atoms with E-state index in [0.29, 0.717) is 5.56 Å².